The Hall–Kier alpha value is -3.55. The van der Waals surface area contributed by atoms with Gasteiger partial charge in [0.05, 0.1) is 22.8 Å². The number of fused-ring (bicyclic) bond motifs is 1. The maximum atomic E-state index is 13.7. The van der Waals surface area contributed by atoms with Crippen LogP contribution in [0.15, 0.2) is 64.1 Å². The molecule has 2 aromatic heterocycles. The zero-order valence-corrected chi connectivity index (χ0v) is 15.2. The van der Waals surface area contributed by atoms with Crippen molar-refractivity contribution in [3.63, 3.8) is 0 Å². The molecule has 5 nitrogen and oxygen atoms in total. The average molecular weight is 400 g/mol. The summed E-state index contributed by atoms with van der Waals surface area (Å²) in [5.74, 6) is -1.65. The zero-order valence-electron chi connectivity index (χ0n) is 15.2. The highest BCUT2D eigenvalue weighted by Crippen LogP contribution is 2.38. The molecular formula is C21H15F3N2O3. The molecule has 0 spiro atoms. The molecule has 0 saturated heterocycles. The Bertz CT molecular complexity index is 1260. The molecule has 2 heterocycles. The highest BCUT2D eigenvalue weighted by atomic mass is 19.4. The van der Waals surface area contributed by atoms with E-state index >= 15 is 0 Å². The van der Waals surface area contributed by atoms with Crippen molar-refractivity contribution in [2.75, 3.05) is 0 Å². The quantitative estimate of drug-likeness (QED) is 0.529. The third-order valence-corrected chi connectivity index (χ3v) is 4.62. The SMILES string of the molecule is CCc1cc2c(=O)c(-c3cnn(-c4ccccc4)c3)c(C(F)(F)F)oc2cc1O. The van der Waals surface area contributed by atoms with E-state index in [-0.39, 0.29) is 22.3 Å². The molecule has 0 fully saturated rings. The van der Waals surface area contributed by atoms with Gasteiger partial charge in [-0.2, -0.15) is 18.3 Å². The molecule has 0 amide bonds. The zero-order chi connectivity index (χ0) is 20.8. The summed E-state index contributed by atoms with van der Waals surface area (Å²) < 4.78 is 47.5. The van der Waals surface area contributed by atoms with Gasteiger partial charge in [-0.05, 0) is 30.2 Å². The third-order valence-electron chi connectivity index (χ3n) is 4.62. The number of rotatable bonds is 3. The largest absolute Gasteiger partial charge is 0.508 e. The van der Waals surface area contributed by atoms with Crippen LogP contribution in [0.25, 0.3) is 27.8 Å². The topological polar surface area (TPSA) is 68.3 Å². The predicted octanol–water partition coefficient (Wildman–Crippen LogP) is 4.93. The number of phenolic OH excluding ortho intramolecular Hbond substituents is 1. The second-order valence-corrected chi connectivity index (χ2v) is 6.47. The van der Waals surface area contributed by atoms with E-state index in [1.807, 2.05) is 0 Å². The molecule has 0 radical (unpaired) electrons. The number of hydrogen-bond acceptors (Lipinski definition) is 4. The fraction of sp³-hybridized carbons (Fsp3) is 0.143. The van der Waals surface area contributed by atoms with Crippen molar-refractivity contribution in [3.05, 3.63) is 76.4 Å². The molecule has 1 N–H and O–H groups in total. The molecule has 0 aliphatic heterocycles. The molecule has 148 valence electrons. The van der Waals surface area contributed by atoms with Crippen molar-refractivity contribution in [3.8, 4) is 22.6 Å². The van der Waals surface area contributed by atoms with Gasteiger partial charge in [0.15, 0.2) is 0 Å². The molecular weight excluding hydrogens is 385 g/mol. The number of alkyl halides is 3. The lowest BCUT2D eigenvalue weighted by Gasteiger charge is -2.12. The Morgan fingerprint density at radius 2 is 1.90 bits per heavy atom. The van der Waals surface area contributed by atoms with E-state index in [1.165, 1.54) is 23.1 Å². The first kappa shape index (κ1) is 18.8. The van der Waals surface area contributed by atoms with Crippen molar-refractivity contribution >= 4 is 11.0 Å². The van der Waals surface area contributed by atoms with E-state index in [0.717, 1.165) is 6.07 Å². The molecule has 0 unspecified atom stereocenters. The van der Waals surface area contributed by atoms with Gasteiger partial charge in [0.1, 0.15) is 11.3 Å². The number of phenols is 1. The summed E-state index contributed by atoms with van der Waals surface area (Å²) in [6.45, 7) is 1.76. The van der Waals surface area contributed by atoms with Gasteiger partial charge in [-0.1, -0.05) is 25.1 Å². The van der Waals surface area contributed by atoms with Crippen LogP contribution < -0.4 is 5.43 Å². The molecule has 0 atom stereocenters. The van der Waals surface area contributed by atoms with Gasteiger partial charge in [0.25, 0.3) is 0 Å². The fourth-order valence-corrected chi connectivity index (χ4v) is 3.19. The van der Waals surface area contributed by atoms with Crippen LogP contribution in [0.4, 0.5) is 13.2 Å². The number of halogens is 3. The highest BCUT2D eigenvalue weighted by Gasteiger charge is 2.39. The second kappa shape index (κ2) is 6.80. The molecule has 0 saturated carbocycles. The van der Waals surface area contributed by atoms with E-state index in [4.69, 9.17) is 4.42 Å². The van der Waals surface area contributed by atoms with Gasteiger partial charge < -0.3 is 9.52 Å². The van der Waals surface area contributed by atoms with Crippen molar-refractivity contribution in [2.24, 2.45) is 0 Å². The Morgan fingerprint density at radius 1 is 1.17 bits per heavy atom. The second-order valence-electron chi connectivity index (χ2n) is 6.47. The lowest BCUT2D eigenvalue weighted by atomic mass is 10.0. The normalized spacial score (nSPS) is 11.9. The van der Waals surface area contributed by atoms with Crippen LogP contribution in [-0.2, 0) is 12.6 Å². The van der Waals surface area contributed by atoms with E-state index < -0.39 is 22.9 Å². The molecule has 0 aliphatic carbocycles. The molecule has 0 bridgehead atoms. The van der Waals surface area contributed by atoms with Crippen molar-refractivity contribution in [2.45, 2.75) is 19.5 Å². The first-order valence-electron chi connectivity index (χ1n) is 8.80. The van der Waals surface area contributed by atoms with Crippen LogP contribution in [0, 0.1) is 0 Å². The number of aryl methyl sites for hydroxylation is 1. The number of hydrogen-bond donors (Lipinski definition) is 1. The number of aromatic nitrogens is 2. The molecule has 4 aromatic rings. The summed E-state index contributed by atoms with van der Waals surface area (Å²) in [6.07, 6.45) is -1.95. The smallest absolute Gasteiger partial charge is 0.450 e. The first-order chi connectivity index (χ1) is 13.8. The third kappa shape index (κ3) is 3.26. The molecule has 0 aliphatic rings. The lowest BCUT2D eigenvalue weighted by Crippen LogP contribution is -2.16. The van der Waals surface area contributed by atoms with E-state index in [1.54, 1.807) is 37.3 Å². The summed E-state index contributed by atoms with van der Waals surface area (Å²) in [6, 6.07) is 11.2. The van der Waals surface area contributed by atoms with Crippen LogP contribution in [0.5, 0.6) is 5.75 Å². The minimum absolute atomic E-state index is 0.0112. The summed E-state index contributed by atoms with van der Waals surface area (Å²) in [5.41, 5.74) is -0.703. The maximum Gasteiger partial charge on any atom is 0.450 e. The minimum atomic E-state index is -4.91. The number of benzene rings is 2. The van der Waals surface area contributed by atoms with E-state index in [2.05, 4.69) is 5.10 Å². The van der Waals surface area contributed by atoms with Crippen LogP contribution in [0.1, 0.15) is 18.2 Å². The van der Waals surface area contributed by atoms with Crippen LogP contribution in [0.2, 0.25) is 0 Å². The summed E-state index contributed by atoms with van der Waals surface area (Å²) in [4.78, 5) is 13.0. The summed E-state index contributed by atoms with van der Waals surface area (Å²) in [5, 5.41) is 14.0. The van der Waals surface area contributed by atoms with Gasteiger partial charge in [-0.25, -0.2) is 4.68 Å². The Kier molecular flexibility index (Phi) is 4.41. The van der Waals surface area contributed by atoms with Gasteiger partial charge in [0, 0.05) is 17.8 Å². The predicted molar refractivity (Wildman–Crippen MR) is 101 cm³/mol. The van der Waals surface area contributed by atoms with Crippen LogP contribution >= 0.6 is 0 Å². The minimum Gasteiger partial charge on any atom is -0.508 e. The first-order valence-corrected chi connectivity index (χ1v) is 8.80. The standard InChI is InChI=1S/C21H15F3N2O3/c1-2-12-8-15-17(9-16(12)27)29-20(21(22,23)24)18(19(15)28)13-10-25-26(11-13)14-6-4-3-5-7-14/h3-11,27H,2H2,1H3. The molecule has 2 aromatic carbocycles. The Labute approximate surface area is 162 Å². The molecule has 29 heavy (non-hydrogen) atoms. The number of para-hydroxylation sites is 1. The highest BCUT2D eigenvalue weighted by molar-refractivity contribution is 5.84. The van der Waals surface area contributed by atoms with Crippen molar-refractivity contribution in [1.29, 1.82) is 0 Å². The summed E-state index contributed by atoms with van der Waals surface area (Å²) in [7, 11) is 0. The lowest BCUT2D eigenvalue weighted by molar-refractivity contribution is -0.152. The summed E-state index contributed by atoms with van der Waals surface area (Å²) >= 11 is 0. The van der Waals surface area contributed by atoms with E-state index in [9.17, 15) is 23.1 Å². The Balaban J connectivity index is 2.00. The van der Waals surface area contributed by atoms with Crippen molar-refractivity contribution in [1.82, 2.24) is 9.78 Å². The van der Waals surface area contributed by atoms with Gasteiger partial charge in [-0.15, -0.1) is 0 Å². The maximum absolute atomic E-state index is 13.7. The Morgan fingerprint density at radius 3 is 2.55 bits per heavy atom. The monoisotopic (exact) mass is 400 g/mol. The number of nitrogens with zero attached hydrogens (tertiary/aromatic N) is 2. The number of aromatic hydroxyl groups is 1. The van der Waals surface area contributed by atoms with Crippen molar-refractivity contribution < 1.29 is 22.7 Å². The van der Waals surface area contributed by atoms with Gasteiger partial charge in [-0.3, -0.25) is 4.79 Å². The average Bonchev–Trinajstić information content (AvgIpc) is 3.17. The molecule has 8 heteroatoms. The fourth-order valence-electron chi connectivity index (χ4n) is 3.19. The van der Waals surface area contributed by atoms with Crippen LogP contribution in [0.3, 0.4) is 0 Å². The molecule has 4 rings (SSSR count). The van der Waals surface area contributed by atoms with E-state index in [0.29, 0.717) is 17.7 Å². The van der Waals surface area contributed by atoms with Gasteiger partial charge >= 0.3 is 6.18 Å². The van der Waals surface area contributed by atoms with Crippen LogP contribution in [-0.4, -0.2) is 14.9 Å². The van der Waals surface area contributed by atoms with Gasteiger partial charge in [0.2, 0.25) is 11.2 Å².